The summed E-state index contributed by atoms with van der Waals surface area (Å²) in [6, 6.07) is 3.48. The number of benzene rings is 1. The number of rotatable bonds is 4. The Hall–Kier alpha value is -1.75. The van der Waals surface area contributed by atoms with Gasteiger partial charge in [0, 0.05) is 16.5 Å². The maximum Gasteiger partial charge on any atom is 0.249 e. The smallest absolute Gasteiger partial charge is 0.249 e. The van der Waals surface area contributed by atoms with Gasteiger partial charge in [-0.3, -0.25) is 4.79 Å². The summed E-state index contributed by atoms with van der Waals surface area (Å²) in [5.74, 6) is 8.47. The fourth-order valence-electron chi connectivity index (χ4n) is 5.99. The predicted octanol–water partition coefficient (Wildman–Crippen LogP) is 2.51. The number of primary amides is 1. The number of hydrogen-bond donors (Lipinski definition) is 2. The summed E-state index contributed by atoms with van der Waals surface area (Å²) in [5.41, 5.74) is 7.06. The average molecular weight is 316 g/mol. The molecule has 0 atom stereocenters. The first-order valence-corrected chi connectivity index (χ1v) is 8.44. The van der Waals surface area contributed by atoms with E-state index >= 15 is 0 Å². The molecule has 23 heavy (non-hydrogen) atoms. The van der Waals surface area contributed by atoms with Gasteiger partial charge in [-0.25, -0.2) is 0 Å². The van der Waals surface area contributed by atoms with Crippen LogP contribution in [0.4, 0.5) is 0 Å². The molecule has 4 aliphatic rings. The molecular weight excluding hydrogens is 292 g/mol. The van der Waals surface area contributed by atoms with Gasteiger partial charge in [-0.2, -0.15) is 5.90 Å². The SMILES string of the molecule is COc1ccc(C(N)=O)c(C23CC4CC(CC(C4)C2)C3)c1ON. The Morgan fingerprint density at radius 1 is 1.13 bits per heavy atom. The third kappa shape index (κ3) is 2.13. The van der Waals surface area contributed by atoms with E-state index in [0.717, 1.165) is 42.6 Å². The Bertz CT molecular complexity index is 621. The van der Waals surface area contributed by atoms with E-state index in [-0.39, 0.29) is 5.41 Å². The lowest BCUT2D eigenvalue weighted by atomic mass is 9.47. The van der Waals surface area contributed by atoms with Gasteiger partial charge >= 0.3 is 0 Å². The van der Waals surface area contributed by atoms with Crippen LogP contribution in [0, 0.1) is 17.8 Å². The van der Waals surface area contributed by atoms with E-state index in [2.05, 4.69) is 0 Å². The van der Waals surface area contributed by atoms with Gasteiger partial charge in [-0.1, -0.05) is 0 Å². The van der Waals surface area contributed by atoms with Gasteiger partial charge in [0.15, 0.2) is 11.5 Å². The van der Waals surface area contributed by atoms with Crippen LogP contribution in [0.5, 0.6) is 11.5 Å². The fourth-order valence-corrected chi connectivity index (χ4v) is 5.99. The van der Waals surface area contributed by atoms with Crippen LogP contribution in [0.3, 0.4) is 0 Å². The van der Waals surface area contributed by atoms with Gasteiger partial charge in [-0.15, -0.1) is 0 Å². The lowest BCUT2D eigenvalue weighted by Crippen LogP contribution is -2.49. The van der Waals surface area contributed by atoms with Crippen LogP contribution in [-0.2, 0) is 5.41 Å². The molecule has 0 unspecified atom stereocenters. The maximum atomic E-state index is 12.1. The topological polar surface area (TPSA) is 87.6 Å². The normalized spacial score (nSPS) is 34.4. The number of hydrogen-bond acceptors (Lipinski definition) is 4. The highest BCUT2D eigenvalue weighted by Crippen LogP contribution is 2.63. The molecule has 0 spiro atoms. The van der Waals surface area contributed by atoms with Gasteiger partial charge in [0.2, 0.25) is 5.91 Å². The van der Waals surface area contributed by atoms with Crippen molar-refractivity contribution in [2.24, 2.45) is 29.4 Å². The Morgan fingerprint density at radius 3 is 2.13 bits per heavy atom. The number of ether oxygens (including phenoxy) is 1. The molecule has 0 aliphatic heterocycles. The van der Waals surface area contributed by atoms with Gasteiger partial charge in [0.1, 0.15) is 0 Å². The summed E-state index contributed by atoms with van der Waals surface area (Å²) in [4.78, 5) is 17.3. The van der Waals surface area contributed by atoms with E-state index in [4.69, 9.17) is 21.2 Å². The lowest BCUT2D eigenvalue weighted by Gasteiger charge is -2.57. The molecule has 0 aromatic heterocycles. The van der Waals surface area contributed by atoms with E-state index in [1.807, 2.05) is 0 Å². The molecule has 5 heteroatoms. The number of carbonyl (C=O) groups is 1. The molecule has 0 radical (unpaired) electrons. The maximum absolute atomic E-state index is 12.1. The molecule has 124 valence electrons. The summed E-state index contributed by atoms with van der Waals surface area (Å²) in [6.07, 6.45) is 7.28. The molecule has 5 nitrogen and oxygen atoms in total. The number of nitrogens with two attached hydrogens (primary N) is 2. The van der Waals surface area contributed by atoms with E-state index in [9.17, 15) is 4.79 Å². The first kappa shape index (κ1) is 14.8. The monoisotopic (exact) mass is 316 g/mol. The van der Waals surface area contributed by atoms with Crippen LogP contribution in [0.25, 0.3) is 0 Å². The molecule has 1 aromatic carbocycles. The summed E-state index contributed by atoms with van der Waals surface area (Å²) in [6.45, 7) is 0. The van der Waals surface area contributed by atoms with Crippen molar-refractivity contribution in [3.8, 4) is 11.5 Å². The first-order valence-electron chi connectivity index (χ1n) is 8.44. The lowest BCUT2D eigenvalue weighted by molar-refractivity contribution is -0.00690. The van der Waals surface area contributed by atoms with Gasteiger partial charge in [0.25, 0.3) is 0 Å². The summed E-state index contributed by atoms with van der Waals surface area (Å²) < 4.78 is 5.42. The summed E-state index contributed by atoms with van der Waals surface area (Å²) in [7, 11) is 1.59. The summed E-state index contributed by atoms with van der Waals surface area (Å²) >= 11 is 0. The minimum absolute atomic E-state index is 0.0393. The molecule has 4 fully saturated rings. The number of methoxy groups -OCH3 is 1. The van der Waals surface area contributed by atoms with E-state index in [0.29, 0.717) is 17.1 Å². The first-order chi connectivity index (χ1) is 11.1. The standard InChI is InChI=1S/C18H24N2O3/c1-22-14-3-2-13(17(19)21)15(16(14)23-20)18-7-10-4-11(8-18)6-12(5-10)9-18/h2-3,10-12H,4-9,20H2,1H3,(H2,19,21). The van der Waals surface area contributed by atoms with Crippen LogP contribution >= 0.6 is 0 Å². The molecular formula is C18H24N2O3. The molecule has 4 aliphatic carbocycles. The zero-order valence-electron chi connectivity index (χ0n) is 13.5. The van der Waals surface area contributed by atoms with Crippen molar-refractivity contribution in [1.29, 1.82) is 0 Å². The van der Waals surface area contributed by atoms with Crippen LogP contribution in [0.15, 0.2) is 12.1 Å². The van der Waals surface area contributed by atoms with Crippen molar-refractivity contribution in [3.05, 3.63) is 23.3 Å². The predicted molar refractivity (Wildman–Crippen MR) is 86.2 cm³/mol. The molecule has 4 bridgehead atoms. The zero-order valence-corrected chi connectivity index (χ0v) is 13.5. The molecule has 4 N–H and O–H groups in total. The quantitative estimate of drug-likeness (QED) is 0.836. The fraction of sp³-hybridized carbons (Fsp3) is 0.611. The number of amides is 1. The largest absolute Gasteiger partial charge is 0.493 e. The highest BCUT2D eigenvalue weighted by Gasteiger charge is 2.53. The third-order valence-electron chi connectivity index (χ3n) is 6.29. The molecule has 1 aromatic rings. The van der Waals surface area contributed by atoms with Crippen LogP contribution in [0.1, 0.15) is 54.4 Å². The second-order valence-corrected chi connectivity index (χ2v) is 7.70. The van der Waals surface area contributed by atoms with E-state index in [1.165, 1.54) is 19.3 Å². The molecule has 0 saturated heterocycles. The van der Waals surface area contributed by atoms with Crippen molar-refractivity contribution in [2.75, 3.05) is 7.11 Å². The van der Waals surface area contributed by atoms with Crippen LogP contribution < -0.4 is 21.2 Å². The van der Waals surface area contributed by atoms with Crippen LogP contribution in [0.2, 0.25) is 0 Å². The van der Waals surface area contributed by atoms with Gasteiger partial charge in [-0.05, 0) is 68.4 Å². The van der Waals surface area contributed by atoms with E-state index < -0.39 is 5.91 Å². The van der Waals surface area contributed by atoms with Crippen molar-refractivity contribution in [2.45, 2.75) is 43.9 Å². The summed E-state index contributed by atoms with van der Waals surface area (Å²) in [5, 5.41) is 0. The zero-order chi connectivity index (χ0) is 16.2. The van der Waals surface area contributed by atoms with Crippen molar-refractivity contribution >= 4 is 5.91 Å². The highest BCUT2D eigenvalue weighted by molar-refractivity contribution is 5.96. The van der Waals surface area contributed by atoms with Crippen molar-refractivity contribution in [3.63, 3.8) is 0 Å². The van der Waals surface area contributed by atoms with Crippen molar-refractivity contribution in [1.82, 2.24) is 0 Å². The molecule has 0 heterocycles. The van der Waals surface area contributed by atoms with Crippen LogP contribution in [-0.4, -0.2) is 13.0 Å². The Balaban J connectivity index is 1.91. The van der Waals surface area contributed by atoms with Gasteiger partial charge < -0.3 is 15.3 Å². The number of carbonyl (C=O) groups excluding carboxylic acids is 1. The Labute approximate surface area is 136 Å². The Morgan fingerprint density at radius 2 is 1.70 bits per heavy atom. The Kier molecular flexibility index (Phi) is 3.30. The minimum atomic E-state index is -0.420. The molecule has 5 rings (SSSR count). The second-order valence-electron chi connectivity index (χ2n) is 7.70. The molecule has 1 amide bonds. The third-order valence-corrected chi connectivity index (χ3v) is 6.29. The second kappa shape index (κ2) is 5.13. The van der Waals surface area contributed by atoms with Crippen molar-refractivity contribution < 1.29 is 14.4 Å². The minimum Gasteiger partial charge on any atom is -0.493 e. The highest BCUT2D eigenvalue weighted by atomic mass is 16.6. The molecule has 4 saturated carbocycles. The van der Waals surface area contributed by atoms with E-state index in [1.54, 1.807) is 19.2 Å². The average Bonchev–Trinajstić information content (AvgIpc) is 2.51. The van der Waals surface area contributed by atoms with Gasteiger partial charge in [0.05, 0.1) is 7.11 Å².